The van der Waals surface area contributed by atoms with E-state index in [-0.39, 0.29) is 12.2 Å². The largest absolute Gasteiger partial charge is 0.367 e. The summed E-state index contributed by atoms with van der Waals surface area (Å²) in [5, 5.41) is 0. The second kappa shape index (κ2) is 7.54. The molecule has 2 aromatic rings. The van der Waals surface area contributed by atoms with Crippen LogP contribution in [0.25, 0.3) is 6.08 Å². The second-order valence-electron chi connectivity index (χ2n) is 9.76. The first-order valence-corrected chi connectivity index (χ1v) is 11.6. The molecule has 0 radical (unpaired) electrons. The van der Waals surface area contributed by atoms with Gasteiger partial charge in [0.1, 0.15) is 18.2 Å². The summed E-state index contributed by atoms with van der Waals surface area (Å²) in [7, 11) is 2.14. The van der Waals surface area contributed by atoms with Crippen LogP contribution < -0.4 is 15.5 Å². The Morgan fingerprint density at radius 1 is 1.12 bits per heavy atom. The monoisotopic (exact) mass is 434 g/mol. The molecule has 0 aliphatic carbocycles. The highest BCUT2D eigenvalue weighted by atomic mass is 19.1. The summed E-state index contributed by atoms with van der Waals surface area (Å²) in [6, 6.07) is 11.2. The van der Waals surface area contributed by atoms with Gasteiger partial charge in [-0.25, -0.2) is 9.37 Å². The second-order valence-corrected chi connectivity index (χ2v) is 9.76. The lowest BCUT2D eigenvalue weighted by Crippen LogP contribution is -2.57. The van der Waals surface area contributed by atoms with Gasteiger partial charge in [-0.1, -0.05) is 12.1 Å². The molecule has 7 heteroatoms. The van der Waals surface area contributed by atoms with Crippen molar-refractivity contribution in [2.24, 2.45) is 5.73 Å². The van der Waals surface area contributed by atoms with Crippen molar-refractivity contribution in [1.82, 2.24) is 14.8 Å². The maximum absolute atomic E-state index is 14.0. The average molecular weight is 435 g/mol. The summed E-state index contributed by atoms with van der Waals surface area (Å²) < 4.78 is 14.0. The molecule has 2 N–H and O–H groups in total. The fourth-order valence-corrected chi connectivity index (χ4v) is 6.00. The van der Waals surface area contributed by atoms with Crippen molar-refractivity contribution < 1.29 is 4.39 Å². The molecule has 2 saturated heterocycles. The molecule has 168 valence electrons. The van der Waals surface area contributed by atoms with E-state index in [0.29, 0.717) is 25.2 Å². The average Bonchev–Trinajstić information content (AvgIpc) is 3.34. The van der Waals surface area contributed by atoms with E-state index in [2.05, 4.69) is 75.0 Å². The number of anilines is 2. The van der Waals surface area contributed by atoms with Gasteiger partial charge in [0.05, 0.1) is 12.6 Å². The number of fused-ring (bicyclic) bond motifs is 4. The van der Waals surface area contributed by atoms with Crippen LogP contribution in [0.4, 0.5) is 15.9 Å². The Labute approximate surface area is 189 Å². The third-order valence-corrected chi connectivity index (χ3v) is 7.74. The number of aromatic nitrogens is 1. The Bertz CT molecular complexity index is 1050. The number of likely N-dealkylation sites (N-methyl/N-ethyl adjacent to an activating group) is 1. The Morgan fingerprint density at radius 3 is 2.81 bits per heavy atom. The minimum absolute atomic E-state index is 0.206. The molecular formula is C25H31FN6. The molecule has 4 aliphatic rings. The zero-order chi connectivity index (χ0) is 22.0. The number of alkyl halides is 1. The molecule has 4 aliphatic heterocycles. The van der Waals surface area contributed by atoms with Crippen molar-refractivity contribution in [3.63, 3.8) is 0 Å². The summed E-state index contributed by atoms with van der Waals surface area (Å²) >= 11 is 0. The van der Waals surface area contributed by atoms with Crippen molar-refractivity contribution in [2.75, 3.05) is 43.0 Å². The van der Waals surface area contributed by atoms with Gasteiger partial charge in [0.25, 0.3) is 0 Å². The van der Waals surface area contributed by atoms with E-state index in [1.54, 1.807) is 0 Å². The molecule has 1 unspecified atom stereocenters. The van der Waals surface area contributed by atoms with Crippen LogP contribution in [0.1, 0.15) is 29.7 Å². The number of hydrogen-bond acceptors (Lipinski definition) is 6. The van der Waals surface area contributed by atoms with Crippen LogP contribution in [0.2, 0.25) is 0 Å². The fourth-order valence-electron chi connectivity index (χ4n) is 6.00. The summed E-state index contributed by atoms with van der Waals surface area (Å²) in [5.74, 6) is 1.04. The number of halogens is 1. The van der Waals surface area contributed by atoms with Crippen molar-refractivity contribution in [3.05, 3.63) is 59.3 Å². The van der Waals surface area contributed by atoms with E-state index in [4.69, 9.17) is 5.73 Å². The van der Waals surface area contributed by atoms with E-state index in [1.165, 1.54) is 16.7 Å². The number of nitrogens with two attached hydrogens (primary N) is 1. The lowest BCUT2D eigenvalue weighted by molar-refractivity contribution is 0.0246. The first kappa shape index (κ1) is 20.1. The summed E-state index contributed by atoms with van der Waals surface area (Å²) in [6.07, 6.45) is 5.64. The number of rotatable bonds is 2. The smallest absolute Gasteiger partial charge is 0.137 e. The Kier molecular flexibility index (Phi) is 4.75. The van der Waals surface area contributed by atoms with Crippen LogP contribution in [0.3, 0.4) is 0 Å². The number of piperazine rings is 1. The highest BCUT2D eigenvalue weighted by molar-refractivity contribution is 5.68. The Balaban J connectivity index is 1.25. The topological polar surface area (TPSA) is 51.9 Å². The molecule has 1 aromatic heterocycles. The Morgan fingerprint density at radius 2 is 2.00 bits per heavy atom. The van der Waals surface area contributed by atoms with Crippen LogP contribution in [0.15, 0.2) is 42.6 Å². The fraction of sp³-hybridized carbons (Fsp3) is 0.480. The van der Waals surface area contributed by atoms with Gasteiger partial charge in [-0.15, -0.1) is 0 Å². The number of nitrogens with zero attached hydrogens (tertiary/aromatic N) is 5. The highest BCUT2D eigenvalue weighted by Crippen LogP contribution is 2.41. The number of benzene rings is 1. The van der Waals surface area contributed by atoms with Crippen LogP contribution in [0.5, 0.6) is 0 Å². The molecule has 0 saturated carbocycles. The molecule has 1 aromatic carbocycles. The third kappa shape index (κ3) is 3.14. The maximum atomic E-state index is 14.0. The van der Waals surface area contributed by atoms with E-state index in [0.717, 1.165) is 31.1 Å². The molecule has 6 nitrogen and oxygen atoms in total. The van der Waals surface area contributed by atoms with Crippen molar-refractivity contribution >= 4 is 17.6 Å². The molecule has 0 bridgehead atoms. The Hall–Kier alpha value is -2.48. The first-order chi connectivity index (χ1) is 15.5. The molecule has 32 heavy (non-hydrogen) atoms. The van der Waals surface area contributed by atoms with Gasteiger partial charge in [0.15, 0.2) is 0 Å². The van der Waals surface area contributed by atoms with Crippen LogP contribution in [-0.4, -0.2) is 72.4 Å². The number of pyridine rings is 1. The quantitative estimate of drug-likeness (QED) is 0.784. The van der Waals surface area contributed by atoms with E-state index in [1.807, 2.05) is 12.3 Å². The van der Waals surface area contributed by atoms with E-state index < -0.39 is 6.17 Å². The minimum atomic E-state index is -0.941. The van der Waals surface area contributed by atoms with Gasteiger partial charge in [0, 0.05) is 62.8 Å². The lowest BCUT2D eigenvalue weighted by atomic mass is 10.00. The molecule has 5 heterocycles. The van der Waals surface area contributed by atoms with Gasteiger partial charge in [0.2, 0.25) is 0 Å². The van der Waals surface area contributed by atoms with Gasteiger partial charge in [-0.05, 0) is 48.4 Å². The number of hydrogen-bond donors (Lipinski definition) is 1. The summed E-state index contributed by atoms with van der Waals surface area (Å²) in [5.41, 5.74) is 11.0. The van der Waals surface area contributed by atoms with Crippen molar-refractivity contribution in [3.8, 4) is 0 Å². The normalized spacial score (nSPS) is 32.2. The summed E-state index contributed by atoms with van der Waals surface area (Å²) in [6.45, 7) is 6.28. The maximum Gasteiger partial charge on any atom is 0.137 e. The van der Waals surface area contributed by atoms with Crippen molar-refractivity contribution in [2.45, 2.75) is 43.9 Å². The summed E-state index contributed by atoms with van der Waals surface area (Å²) in [4.78, 5) is 14.2. The van der Waals surface area contributed by atoms with Gasteiger partial charge in [-0.3, -0.25) is 9.80 Å². The zero-order valence-electron chi connectivity index (χ0n) is 18.7. The molecule has 2 fully saturated rings. The van der Waals surface area contributed by atoms with E-state index in [9.17, 15) is 4.39 Å². The molecule has 6 rings (SSSR count). The molecule has 0 spiro atoms. The minimum Gasteiger partial charge on any atom is -0.367 e. The van der Waals surface area contributed by atoms with Crippen molar-refractivity contribution in [1.29, 1.82) is 0 Å². The molecular weight excluding hydrogens is 403 g/mol. The predicted octanol–water partition coefficient (Wildman–Crippen LogP) is 2.62. The zero-order valence-corrected chi connectivity index (χ0v) is 18.7. The lowest BCUT2D eigenvalue weighted by Gasteiger charge is -2.48. The predicted molar refractivity (Wildman–Crippen MR) is 126 cm³/mol. The van der Waals surface area contributed by atoms with Crippen LogP contribution >= 0.6 is 0 Å². The van der Waals surface area contributed by atoms with Gasteiger partial charge in [-0.2, -0.15) is 0 Å². The van der Waals surface area contributed by atoms with Crippen LogP contribution in [0, 0.1) is 0 Å². The molecule has 5 atom stereocenters. The standard InChI is InChI=1S/C25H31FN6/c1-16-11-31(24-8-5-17-4-3-9-28-25(17)29(24)2)15-23-20-7-6-19(10-18(20)12-32(16)23)30-13-21(26)22(27)14-30/h3-10,16,21-24H,11-15,27H2,1-2H3/t16-,21+,22-,23-,24?/m1/s1. The van der Waals surface area contributed by atoms with Gasteiger partial charge >= 0.3 is 0 Å². The molecule has 0 amide bonds. The van der Waals surface area contributed by atoms with Gasteiger partial charge < -0.3 is 15.5 Å². The highest BCUT2D eigenvalue weighted by Gasteiger charge is 2.42. The SMILES string of the molecule is C[C@@H]1CN(C2C=Cc3cccnc3N2C)C[C@@H]2c3ccc(N4C[C@@H](N)[C@@H](F)C4)cc3CN12. The first-order valence-electron chi connectivity index (χ1n) is 11.6. The van der Waals surface area contributed by atoms with Crippen LogP contribution in [-0.2, 0) is 6.54 Å². The van der Waals surface area contributed by atoms with E-state index >= 15 is 0 Å². The third-order valence-electron chi connectivity index (χ3n) is 7.74.